The Bertz CT molecular complexity index is 463. The summed E-state index contributed by atoms with van der Waals surface area (Å²) in [5, 5.41) is 4.17. The van der Waals surface area contributed by atoms with E-state index in [1.54, 1.807) is 17.4 Å². The van der Waals surface area contributed by atoms with Gasteiger partial charge in [0, 0.05) is 0 Å². The van der Waals surface area contributed by atoms with E-state index in [-0.39, 0.29) is 5.82 Å². The van der Waals surface area contributed by atoms with E-state index < -0.39 is 5.54 Å². The van der Waals surface area contributed by atoms with Crippen molar-refractivity contribution in [3.05, 3.63) is 52.2 Å². The van der Waals surface area contributed by atoms with Crippen LogP contribution in [-0.4, -0.2) is 4.98 Å². The number of halogens is 1. The van der Waals surface area contributed by atoms with Crippen molar-refractivity contribution in [2.75, 3.05) is 0 Å². The van der Waals surface area contributed by atoms with Crippen LogP contribution in [0.25, 0.3) is 0 Å². The Hall–Kier alpha value is -1.26. The summed E-state index contributed by atoms with van der Waals surface area (Å²) in [6.07, 6.45) is 2.92. The van der Waals surface area contributed by atoms with Crippen LogP contribution >= 0.6 is 11.3 Å². The zero-order chi connectivity index (χ0) is 12.3. The average Bonchev–Trinajstić information content (AvgIpc) is 2.80. The van der Waals surface area contributed by atoms with Crippen LogP contribution in [0.5, 0.6) is 0 Å². The summed E-state index contributed by atoms with van der Waals surface area (Å²) in [4.78, 5) is 4.05. The third-order valence-corrected chi connectivity index (χ3v) is 3.56. The van der Waals surface area contributed by atoms with Crippen molar-refractivity contribution in [1.29, 1.82) is 0 Å². The molecule has 0 aliphatic carbocycles. The van der Waals surface area contributed by atoms with E-state index >= 15 is 0 Å². The first-order chi connectivity index (χ1) is 8.08. The van der Waals surface area contributed by atoms with Crippen LogP contribution in [-0.2, 0) is 12.0 Å². The monoisotopic (exact) mass is 250 g/mol. The van der Waals surface area contributed by atoms with Gasteiger partial charge in [0.25, 0.3) is 0 Å². The molecule has 0 amide bonds. The second-order valence-corrected chi connectivity index (χ2v) is 5.19. The van der Waals surface area contributed by atoms with Crippen molar-refractivity contribution in [3.8, 4) is 0 Å². The van der Waals surface area contributed by atoms with Gasteiger partial charge < -0.3 is 5.73 Å². The third-order valence-electron chi connectivity index (χ3n) is 2.83. The van der Waals surface area contributed by atoms with Gasteiger partial charge in [-0.2, -0.15) is 11.3 Å². The van der Waals surface area contributed by atoms with Gasteiger partial charge in [0.15, 0.2) is 0 Å². The van der Waals surface area contributed by atoms with Gasteiger partial charge in [0.2, 0.25) is 0 Å². The fourth-order valence-corrected chi connectivity index (χ4v) is 2.38. The summed E-state index contributed by atoms with van der Waals surface area (Å²) in [6, 6.07) is 5.15. The lowest BCUT2D eigenvalue weighted by Gasteiger charge is -2.23. The van der Waals surface area contributed by atoms with E-state index in [2.05, 4.69) is 21.8 Å². The van der Waals surface area contributed by atoms with E-state index in [1.807, 2.05) is 6.92 Å². The summed E-state index contributed by atoms with van der Waals surface area (Å²) >= 11 is 1.68. The molecule has 0 aliphatic rings. The summed E-state index contributed by atoms with van der Waals surface area (Å²) in [5.41, 5.74) is 7.72. The van der Waals surface area contributed by atoms with E-state index in [0.29, 0.717) is 0 Å². The molecule has 1 atom stereocenters. The van der Waals surface area contributed by atoms with Crippen molar-refractivity contribution in [2.24, 2.45) is 5.73 Å². The van der Waals surface area contributed by atoms with Crippen LogP contribution in [0.4, 0.5) is 4.39 Å². The molecule has 0 saturated heterocycles. The number of rotatable bonds is 4. The highest BCUT2D eigenvalue weighted by Crippen LogP contribution is 2.22. The van der Waals surface area contributed by atoms with Gasteiger partial charge >= 0.3 is 0 Å². The normalized spacial score (nSPS) is 14.5. The number of hydrogen-bond donors (Lipinski definition) is 1. The Morgan fingerprint density at radius 1 is 1.41 bits per heavy atom. The highest BCUT2D eigenvalue weighted by atomic mass is 32.1. The molecule has 2 N–H and O–H groups in total. The zero-order valence-electron chi connectivity index (χ0n) is 9.69. The number of nitrogens with two attached hydrogens (primary N) is 1. The van der Waals surface area contributed by atoms with Crippen molar-refractivity contribution < 1.29 is 4.39 Å². The predicted molar refractivity (Wildman–Crippen MR) is 68.4 cm³/mol. The average molecular weight is 250 g/mol. The van der Waals surface area contributed by atoms with Crippen molar-refractivity contribution in [3.63, 3.8) is 0 Å². The number of nitrogens with zero attached hydrogens (tertiary/aromatic N) is 1. The Balaban J connectivity index is 2.05. The highest BCUT2D eigenvalue weighted by Gasteiger charge is 2.22. The maximum absolute atomic E-state index is 12.8. The first kappa shape index (κ1) is 12.2. The molecule has 2 heterocycles. The third kappa shape index (κ3) is 3.11. The van der Waals surface area contributed by atoms with Crippen LogP contribution in [0, 0.1) is 5.82 Å². The largest absolute Gasteiger partial charge is 0.320 e. The lowest BCUT2D eigenvalue weighted by molar-refractivity contribution is 0.438. The summed E-state index contributed by atoms with van der Waals surface area (Å²) in [7, 11) is 0. The lowest BCUT2D eigenvalue weighted by atomic mass is 9.91. The maximum atomic E-state index is 12.8. The molecule has 0 fully saturated rings. The number of aryl methyl sites for hydroxylation is 1. The number of aromatic nitrogens is 1. The molecule has 2 aromatic heterocycles. The molecule has 2 nitrogen and oxygen atoms in total. The van der Waals surface area contributed by atoms with Gasteiger partial charge in [-0.05, 0) is 54.3 Å². The molecule has 17 heavy (non-hydrogen) atoms. The van der Waals surface area contributed by atoms with Crippen LogP contribution < -0.4 is 5.73 Å². The Morgan fingerprint density at radius 3 is 2.82 bits per heavy atom. The minimum atomic E-state index is -0.518. The molecular weight excluding hydrogens is 235 g/mol. The molecule has 0 aliphatic heterocycles. The molecule has 1 unspecified atom stereocenters. The molecule has 90 valence electrons. The smallest absolute Gasteiger partial charge is 0.141 e. The minimum Gasteiger partial charge on any atom is -0.320 e. The van der Waals surface area contributed by atoms with E-state index in [0.717, 1.165) is 18.5 Å². The fourth-order valence-electron chi connectivity index (χ4n) is 1.68. The zero-order valence-corrected chi connectivity index (χ0v) is 10.5. The van der Waals surface area contributed by atoms with Crippen molar-refractivity contribution >= 4 is 11.3 Å². The van der Waals surface area contributed by atoms with Gasteiger partial charge in [-0.15, -0.1) is 0 Å². The number of hydrogen-bond acceptors (Lipinski definition) is 3. The molecule has 0 radical (unpaired) electrons. The Morgan fingerprint density at radius 2 is 2.24 bits per heavy atom. The first-order valence-electron chi connectivity index (χ1n) is 5.50. The lowest BCUT2D eigenvalue weighted by Crippen LogP contribution is -2.34. The standard InChI is InChI=1S/C13H15FN2S/c1-13(15,6-4-10-5-7-17-9-10)12-3-2-11(14)8-16-12/h2-3,5,7-9H,4,6,15H2,1H3. The SMILES string of the molecule is CC(N)(CCc1ccsc1)c1ccc(F)cn1. The van der Waals surface area contributed by atoms with E-state index in [9.17, 15) is 4.39 Å². The second kappa shape index (κ2) is 4.94. The van der Waals surface area contributed by atoms with E-state index in [1.165, 1.54) is 17.8 Å². The quantitative estimate of drug-likeness (QED) is 0.905. The molecule has 2 aromatic rings. The Kier molecular flexibility index (Phi) is 3.54. The molecule has 4 heteroatoms. The number of thiophene rings is 1. The summed E-state index contributed by atoms with van der Waals surface area (Å²) in [6.45, 7) is 1.93. The minimum absolute atomic E-state index is 0.331. The van der Waals surface area contributed by atoms with Gasteiger partial charge in [-0.3, -0.25) is 4.98 Å². The van der Waals surface area contributed by atoms with Crippen molar-refractivity contribution in [1.82, 2.24) is 4.98 Å². The molecule has 0 spiro atoms. The predicted octanol–water partition coefficient (Wildman–Crippen LogP) is 3.09. The fraction of sp³-hybridized carbons (Fsp3) is 0.308. The van der Waals surface area contributed by atoms with Crippen LogP contribution in [0.1, 0.15) is 24.6 Å². The molecule has 0 bridgehead atoms. The van der Waals surface area contributed by atoms with Crippen LogP contribution in [0.3, 0.4) is 0 Å². The summed E-state index contributed by atoms with van der Waals surface area (Å²) in [5.74, 6) is -0.331. The van der Waals surface area contributed by atoms with Gasteiger partial charge in [0.05, 0.1) is 17.4 Å². The summed E-state index contributed by atoms with van der Waals surface area (Å²) < 4.78 is 12.8. The first-order valence-corrected chi connectivity index (χ1v) is 6.44. The van der Waals surface area contributed by atoms with Gasteiger partial charge in [-0.1, -0.05) is 0 Å². The number of pyridine rings is 1. The topological polar surface area (TPSA) is 38.9 Å². The maximum Gasteiger partial charge on any atom is 0.141 e. The van der Waals surface area contributed by atoms with Gasteiger partial charge in [0.1, 0.15) is 5.82 Å². The molecular formula is C13H15FN2S. The highest BCUT2D eigenvalue weighted by molar-refractivity contribution is 7.07. The molecule has 0 aromatic carbocycles. The Labute approximate surface area is 104 Å². The van der Waals surface area contributed by atoms with Crippen molar-refractivity contribution in [2.45, 2.75) is 25.3 Å². The second-order valence-electron chi connectivity index (χ2n) is 4.41. The van der Waals surface area contributed by atoms with Gasteiger partial charge in [-0.25, -0.2) is 4.39 Å². The molecule has 0 saturated carbocycles. The van der Waals surface area contributed by atoms with E-state index in [4.69, 9.17) is 5.73 Å². The molecule has 2 rings (SSSR count). The van der Waals surface area contributed by atoms with Crippen LogP contribution in [0.2, 0.25) is 0 Å². The van der Waals surface area contributed by atoms with Crippen LogP contribution in [0.15, 0.2) is 35.2 Å².